The van der Waals surface area contributed by atoms with Gasteiger partial charge in [0.2, 0.25) is 0 Å². The van der Waals surface area contributed by atoms with Crippen molar-refractivity contribution >= 4 is 27.8 Å². The zero-order valence-corrected chi connectivity index (χ0v) is 17.1. The smallest absolute Gasteiger partial charge is 0.283 e. The third-order valence-electron chi connectivity index (χ3n) is 4.54. The molecule has 0 spiro atoms. The number of nitrogens with zero attached hydrogens (tertiary/aromatic N) is 3. The van der Waals surface area contributed by atoms with Gasteiger partial charge in [-0.05, 0) is 24.6 Å². The number of thiophene rings is 1. The zero-order chi connectivity index (χ0) is 20.4. The van der Waals surface area contributed by atoms with Crippen molar-refractivity contribution in [2.24, 2.45) is 5.10 Å². The molecule has 0 saturated carbocycles. The minimum absolute atomic E-state index is 0.204. The molecule has 0 aliphatic rings. The standard InChI is InChI=1S/C22H19N3O3S/c1-14-19(16-7-5-4-6-8-16)20-21(29-14)23-13-25(22(20)26)24-12-15-9-17(27-2)11-18(10-15)28-3/h4-13H,1-3H3/b24-12-. The average molecular weight is 405 g/mol. The Morgan fingerprint density at radius 1 is 1.07 bits per heavy atom. The van der Waals surface area contributed by atoms with E-state index in [2.05, 4.69) is 10.1 Å². The van der Waals surface area contributed by atoms with Crippen molar-refractivity contribution in [3.05, 3.63) is 75.7 Å². The van der Waals surface area contributed by atoms with Crippen molar-refractivity contribution in [3.8, 4) is 22.6 Å². The number of fused-ring (bicyclic) bond motifs is 1. The van der Waals surface area contributed by atoms with Crippen LogP contribution in [0, 0.1) is 6.92 Å². The molecular weight excluding hydrogens is 386 g/mol. The van der Waals surface area contributed by atoms with E-state index in [0.717, 1.165) is 21.6 Å². The summed E-state index contributed by atoms with van der Waals surface area (Å²) in [6, 6.07) is 15.3. The Kier molecular flexibility index (Phi) is 5.14. The molecule has 0 saturated heterocycles. The maximum Gasteiger partial charge on any atom is 0.283 e. The van der Waals surface area contributed by atoms with Crippen LogP contribution in [0.2, 0.25) is 0 Å². The van der Waals surface area contributed by atoms with Gasteiger partial charge < -0.3 is 9.47 Å². The molecule has 0 aliphatic carbocycles. The zero-order valence-electron chi connectivity index (χ0n) is 16.2. The molecule has 0 unspecified atom stereocenters. The number of benzene rings is 2. The topological polar surface area (TPSA) is 65.7 Å². The average Bonchev–Trinajstić information content (AvgIpc) is 3.10. The Balaban J connectivity index is 1.81. The summed E-state index contributed by atoms with van der Waals surface area (Å²) in [5.74, 6) is 1.29. The van der Waals surface area contributed by atoms with E-state index in [1.807, 2.05) is 49.4 Å². The van der Waals surface area contributed by atoms with Crippen molar-refractivity contribution in [1.82, 2.24) is 9.66 Å². The summed E-state index contributed by atoms with van der Waals surface area (Å²) in [5.41, 5.74) is 2.45. The second-order valence-electron chi connectivity index (χ2n) is 6.36. The van der Waals surface area contributed by atoms with Gasteiger partial charge in [0.25, 0.3) is 5.56 Å². The van der Waals surface area contributed by atoms with Gasteiger partial charge in [0, 0.05) is 22.1 Å². The molecule has 0 fully saturated rings. The lowest BCUT2D eigenvalue weighted by Crippen LogP contribution is -2.16. The summed E-state index contributed by atoms with van der Waals surface area (Å²) >= 11 is 1.51. The predicted molar refractivity (Wildman–Crippen MR) is 117 cm³/mol. The maximum absolute atomic E-state index is 13.2. The van der Waals surface area contributed by atoms with E-state index >= 15 is 0 Å². The van der Waals surface area contributed by atoms with Crippen molar-refractivity contribution in [1.29, 1.82) is 0 Å². The fourth-order valence-electron chi connectivity index (χ4n) is 3.16. The summed E-state index contributed by atoms with van der Waals surface area (Å²) in [6.45, 7) is 2.00. The molecule has 146 valence electrons. The minimum Gasteiger partial charge on any atom is -0.497 e. The first kappa shape index (κ1) is 18.9. The Bertz CT molecular complexity index is 1240. The first-order valence-corrected chi connectivity index (χ1v) is 9.76. The summed E-state index contributed by atoms with van der Waals surface area (Å²) in [4.78, 5) is 19.4. The lowest BCUT2D eigenvalue weighted by molar-refractivity contribution is 0.394. The molecule has 6 nitrogen and oxygen atoms in total. The molecule has 0 N–H and O–H groups in total. The highest BCUT2D eigenvalue weighted by Gasteiger charge is 2.16. The Morgan fingerprint density at radius 2 is 1.76 bits per heavy atom. The number of hydrogen-bond acceptors (Lipinski definition) is 6. The van der Waals surface area contributed by atoms with Gasteiger partial charge in [0.1, 0.15) is 22.7 Å². The van der Waals surface area contributed by atoms with Crippen molar-refractivity contribution < 1.29 is 9.47 Å². The van der Waals surface area contributed by atoms with Crippen LogP contribution in [0.15, 0.2) is 64.8 Å². The van der Waals surface area contributed by atoms with Crippen LogP contribution in [0.4, 0.5) is 0 Å². The van der Waals surface area contributed by atoms with Crippen molar-refractivity contribution in [2.75, 3.05) is 14.2 Å². The summed E-state index contributed by atoms with van der Waals surface area (Å²) in [7, 11) is 3.17. The normalized spacial score (nSPS) is 11.3. The highest BCUT2D eigenvalue weighted by atomic mass is 32.1. The third-order valence-corrected chi connectivity index (χ3v) is 5.55. The van der Waals surface area contributed by atoms with E-state index in [1.165, 1.54) is 22.3 Å². The maximum atomic E-state index is 13.2. The fraction of sp³-hybridized carbons (Fsp3) is 0.136. The number of rotatable bonds is 5. The van der Waals surface area contributed by atoms with E-state index in [0.29, 0.717) is 21.7 Å². The second-order valence-corrected chi connectivity index (χ2v) is 7.57. The van der Waals surface area contributed by atoms with Gasteiger partial charge in [-0.25, -0.2) is 4.98 Å². The van der Waals surface area contributed by atoms with E-state index in [9.17, 15) is 4.79 Å². The first-order chi connectivity index (χ1) is 14.1. The van der Waals surface area contributed by atoms with Gasteiger partial charge in [-0.3, -0.25) is 4.79 Å². The largest absolute Gasteiger partial charge is 0.497 e. The second kappa shape index (κ2) is 7.89. The number of aryl methyl sites for hydroxylation is 1. The van der Waals surface area contributed by atoms with Gasteiger partial charge in [0.15, 0.2) is 0 Å². The molecule has 0 atom stereocenters. The summed E-state index contributed by atoms with van der Waals surface area (Å²) < 4.78 is 11.8. The molecule has 7 heteroatoms. The van der Waals surface area contributed by atoms with Gasteiger partial charge in [-0.1, -0.05) is 30.3 Å². The van der Waals surface area contributed by atoms with Crippen LogP contribution in [0.1, 0.15) is 10.4 Å². The van der Waals surface area contributed by atoms with Crippen LogP contribution in [0.3, 0.4) is 0 Å². The molecule has 2 aromatic heterocycles. The molecule has 29 heavy (non-hydrogen) atoms. The van der Waals surface area contributed by atoms with Crippen LogP contribution in [0.5, 0.6) is 11.5 Å². The molecule has 0 bridgehead atoms. The number of methoxy groups -OCH3 is 2. The lowest BCUT2D eigenvalue weighted by Gasteiger charge is -2.06. The minimum atomic E-state index is -0.204. The molecule has 4 rings (SSSR count). The third kappa shape index (κ3) is 3.64. The van der Waals surface area contributed by atoms with Gasteiger partial charge in [-0.15, -0.1) is 11.3 Å². The molecule has 2 aromatic carbocycles. The number of hydrogen-bond donors (Lipinski definition) is 0. The molecule has 4 aromatic rings. The van der Waals surface area contributed by atoms with Crippen LogP contribution >= 0.6 is 11.3 Å². The van der Waals surface area contributed by atoms with E-state index in [4.69, 9.17) is 9.47 Å². The number of aromatic nitrogens is 2. The van der Waals surface area contributed by atoms with E-state index in [-0.39, 0.29) is 5.56 Å². The predicted octanol–water partition coefficient (Wildman–Crippen LogP) is 4.33. The quantitative estimate of drug-likeness (QED) is 0.464. The number of ether oxygens (including phenoxy) is 2. The van der Waals surface area contributed by atoms with E-state index in [1.54, 1.807) is 26.5 Å². The van der Waals surface area contributed by atoms with E-state index < -0.39 is 0 Å². The van der Waals surface area contributed by atoms with Crippen LogP contribution in [-0.4, -0.2) is 30.1 Å². The van der Waals surface area contributed by atoms with Crippen LogP contribution in [-0.2, 0) is 0 Å². The Labute approximate surface area is 171 Å². The van der Waals surface area contributed by atoms with Gasteiger partial charge >= 0.3 is 0 Å². The summed E-state index contributed by atoms with van der Waals surface area (Å²) in [5, 5.41) is 4.92. The van der Waals surface area contributed by atoms with Crippen LogP contribution < -0.4 is 15.0 Å². The Hall–Kier alpha value is -3.45. The monoisotopic (exact) mass is 405 g/mol. The van der Waals surface area contributed by atoms with Crippen molar-refractivity contribution in [2.45, 2.75) is 6.92 Å². The molecule has 2 heterocycles. The lowest BCUT2D eigenvalue weighted by atomic mass is 10.0. The molecule has 0 amide bonds. The van der Waals surface area contributed by atoms with Crippen molar-refractivity contribution in [3.63, 3.8) is 0 Å². The SMILES string of the molecule is COc1cc(/C=N\n2cnc3sc(C)c(-c4ccccc4)c3c2=O)cc(OC)c1. The highest BCUT2D eigenvalue weighted by Crippen LogP contribution is 2.35. The fourth-order valence-corrected chi connectivity index (χ4v) is 4.16. The van der Waals surface area contributed by atoms with Crippen LogP contribution in [0.25, 0.3) is 21.3 Å². The summed E-state index contributed by atoms with van der Waals surface area (Å²) in [6.07, 6.45) is 3.03. The molecule has 0 aliphatic heterocycles. The molecule has 0 radical (unpaired) electrons. The highest BCUT2D eigenvalue weighted by molar-refractivity contribution is 7.19. The Morgan fingerprint density at radius 3 is 2.41 bits per heavy atom. The van der Waals surface area contributed by atoms with Gasteiger partial charge in [0.05, 0.1) is 25.8 Å². The first-order valence-electron chi connectivity index (χ1n) is 8.94. The van der Waals surface area contributed by atoms with Gasteiger partial charge in [-0.2, -0.15) is 9.78 Å². The molecular formula is C22H19N3O3S.